The minimum Gasteiger partial charge on any atom is -0.497 e. The first kappa shape index (κ1) is 15.3. The predicted octanol–water partition coefficient (Wildman–Crippen LogP) is 1.56. The van der Waals surface area contributed by atoms with Crippen LogP contribution in [0, 0.1) is 0 Å². The average molecular weight is 266 g/mol. The number of benzene rings is 1. The lowest BCUT2D eigenvalue weighted by atomic mass is 9.96. The monoisotopic (exact) mass is 266 g/mol. The van der Waals surface area contributed by atoms with Crippen molar-refractivity contribution in [2.45, 2.75) is 32.4 Å². The van der Waals surface area contributed by atoms with Gasteiger partial charge in [-0.1, -0.05) is 0 Å². The normalized spacial score (nSPS) is 12.7. The van der Waals surface area contributed by atoms with Crippen LogP contribution >= 0.6 is 0 Å². The molecule has 0 fully saturated rings. The van der Waals surface area contributed by atoms with Crippen LogP contribution in [0.1, 0.15) is 31.1 Å². The van der Waals surface area contributed by atoms with Gasteiger partial charge in [-0.15, -0.1) is 0 Å². The molecule has 1 amide bonds. The second-order valence-electron chi connectivity index (χ2n) is 5.03. The van der Waals surface area contributed by atoms with Gasteiger partial charge in [0.15, 0.2) is 0 Å². The van der Waals surface area contributed by atoms with E-state index in [0.717, 1.165) is 0 Å². The van der Waals surface area contributed by atoms with Gasteiger partial charge in [-0.2, -0.15) is 0 Å². The van der Waals surface area contributed by atoms with Gasteiger partial charge >= 0.3 is 0 Å². The molecule has 1 aromatic carbocycles. The SMILES string of the molecule is COc1ccc(C(=O)NC(C)(C)C(C)N)c(OC)c1. The van der Waals surface area contributed by atoms with Crippen LogP contribution in [-0.2, 0) is 0 Å². The molecule has 1 rings (SSSR count). The molecule has 0 bridgehead atoms. The van der Waals surface area contributed by atoms with Crippen molar-refractivity contribution < 1.29 is 14.3 Å². The largest absolute Gasteiger partial charge is 0.497 e. The van der Waals surface area contributed by atoms with Crippen LogP contribution in [-0.4, -0.2) is 31.7 Å². The highest BCUT2D eigenvalue weighted by atomic mass is 16.5. The highest BCUT2D eigenvalue weighted by molar-refractivity contribution is 5.97. The van der Waals surface area contributed by atoms with E-state index in [4.69, 9.17) is 15.2 Å². The molecule has 0 radical (unpaired) electrons. The Balaban J connectivity index is 3.00. The second-order valence-corrected chi connectivity index (χ2v) is 5.03. The third-order valence-electron chi connectivity index (χ3n) is 3.23. The molecule has 19 heavy (non-hydrogen) atoms. The van der Waals surface area contributed by atoms with Crippen LogP contribution in [0.3, 0.4) is 0 Å². The van der Waals surface area contributed by atoms with Crippen molar-refractivity contribution in [3.63, 3.8) is 0 Å². The molecule has 0 heterocycles. The summed E-state index contributed by atoms with van der Waals surface area (Å²) in [6.45, 7) is 5.61. The summed E-state index contributed by atoms with van der Waals surface area (Å²) >= 11 is 0. The Morgan fingerprint density at radius 1 is 1.32 bits per heavy atom. The van der Waals surface area contributed by atoms with Gasteiger partial charge in [0.25, 0.3) is 5.91 Å². The zero-order chi connectivity index (χ0) is 14.6. The maximum atomic E-state index is 12.3. The highest BCUT2D eigenvalue weighted by Gasteiger charge is 2.26. The maximum Gasteiger partial charge on any atom is 0.255 e. The smallest absolute Gasteiger partial charge is 0.255 e. The minimum atomic E-state index is -0.498. The van der Waals surface area contributed by atoms with Crippen molar-refractivity contribution in [3.05, 3.63) is 23.8 Å². The van der Waals surface area contributed by atoms with Crippen LogP contribution in [0.4, 0.5) is 0 Å². The van der Waals surface area contributed by atoms with Crippen LogP contribution in [0.2, 0.25) is 0 Å². The Labute approximate surface area is 114 Å². The number of hydrogen-bond acceptors (Lipinski definition) is 4. The van der Waals surface area contributed by atoms with Crippen LogP contribution < -0.4 is 20.5 Å². The molecular formula is C14H22N2O3. The first-order valence-corrected chi connectivity index (χ1v) is 6.12. The Hall–Kier alpha value is -1.75. The summed E-state index contributed by atoms with van der Waals surface area (Å²) < 4.78 is 10.3. The van der Waals surface area contributed by atoms with E-state index in [-0.39, 0.29) is 11.9 Å². The van der Waals surface area contributed by atoms with E-state index in [1.165, 1.54) is 7.11 Å². The molecule has 0 aliphatic carbocycles. The predicted molar refractivity (Wildman–Crippen MR) is 74.7 cm³/mol. The second kappa shape index (κ2) is 5.93. The van der Waals surface area contributed by atoms with Crippen molar-refractivity contribution in [3.8, 4) is 11.5 Å². The fraction of sp³-hybridized carbons (Fsp3) is 0.500. The van der Waals surface area contributed by atoms with Crippen LogP contribution in [0.15, 0.2) is 18.2 Å². The highest BCUT2D eigenvalue weighted by Crippen LogP contribution is 2.25. The number of amides is 1. The van der Waals surface area contributed by atoms with Gasteiger partial charge in [0.05, 0.1) is 19.8 Å². The fourth-order valence-corrected chi connectivity index (χ4v) is 1.46. The van der Waals surface area contributed by atoms with E-state index in [0.29, 0.717) is 17.1 Å². The van der Waals surface area contributed by atoms with E-state index in [1.807, 2.05) is 20.8 Å². The molecule has 1 unspecified atom stereocenters. The Kier molecular flexibility index (Phi) is 4.78. The minimum absolute atomic E-state index is 0.166. The summed E-state index contributed by atoms with van der Waals surface area (Å²) in [5.74, 6) is 0.888. The summed E-state index contributed by atoms with van der Waals surface area (Å²) in [6.07, 6.45) is 0. The number of carbonyl (C=O) groups excluding carboxylic acids is 1. The molecule has 0 aliphatic rings. The molecule has 0 saturated heterocycles. The van der Waals surface area contributed by atoms with Crippen molar-refractivity contribution in [1.82, 2.24) is 5.32 Å². The molecular weight excluding hydrogens is 244 g/mol. The summed E-state index contributed by atoms with van der Waals surface area (Å²) in [5, 5.41) is 2.90. The van der Waals surface area contributed by atoms with E-state index in [1.54, 1.807) is 25.3 Å². The van der Waals surface area contributed by atoms with Gasteiger partial charge < -0.3 is 20.5 Å². The Morgan fingerprint density at radius 2 is 1.95 bits per heavy atom. The van der Waals surface area contributed by atoms with Crippen LogP contribution in [0.25, 0.3) is 0 Å². The Bertz CT molecular complexity index is 456. The molecule has 106 valence electrons. The van der Waals surface area contributed by atoms with Gasteiger partial charge in [0.1, 0.15) is 11.5 Å². The average Bonchev–Trinajstić information content (AvgIpc) is 2.37. The zero-order valence-corrected chi connectivity index (χ0v) is 12.1. The maximum absolute atomic E-state index is 12.3. The molecule has 0 aromatic heterocycles. The first-order valence-electron chi connectivity index (χ1n) is 6.12. The van der Waals surface area contributed by atoms with E-state index < -0.39 is 5.54 Å². The standard InChI is InChI=1S/C14H22N2O3/c1-9(15)14(2,3)16-13(17)11-7-6-10(18-4)8-12(11)19-5/h6-9H,15H2,1-5H3,(H,16,17). The molecule has 0 aliphatic heterocycles. The first-order chi connectivity index (χ1) is 8.81. The molecule has 1 atom stereocenters. The van der Waals surface area contributed by atoms with Gasteiger partial charge in [-0.25, -0.2) is 0 Å². The van der Waals surface area contributed by atoms with Crippen LogP contribution in [0.5, 0.6) is 11.5 Å². The third-order valence-corrected chi connectivity index (χ3v) is 3.23. The number of hydrogen-bond donors (Lipinski definition) is 2. The number of ether oxygens (including phenoxy) is 2. The van der Waals surface area contributed by atoms with E-state index >= 15 is 0 Å². The number of carbonyl (C=O) groups is 1. The van der Waals surface area contributed by atoms with E-state index in [2.05, 4.69) is 5.32 Å². The summed E-state index contributed by atoms with van der Waals surface area (Å²) in [5.41, 5.74) is 5.80. The molecule has 5 nitrogen and oxygen atoms in total. The number of rotatable bonds is 5. The lowest BCUT2D eigenvalue weighted by molar-refractivity contribution is 0.0900. The number of methoxy groups -OCH3 is 2. The van der Waals surface area contributed by atoms with Gasteiger partial charge in [0.2, 0.25) is 0 Å². The fourth-order valence-electron chi connectivity index (χ4n) is 1.46. The molecule has 0 spiro atoms. The van der Waals surface area contributed by atoms with Gasteiger partial charge in [-0.05, 0) is 32.9 Å². The topological polar surface area (TPSA) is 73.6 Å². The van der Waals surface area contributed by atoms with E-state index in [9.17, 15) is 4.79 Å². The molecule has 0 saturated carbocycles. The zero-order valence-electron chi connectivity index (χ0n) is 12.1. The van der Waals surface area contributed by atoms with Crippen molar-refractivity contribution in [2.24, 2.45) is 5.73 Å². The van der Waals surface area contributed by atoms with Crippen molar-refractivity contribution in [1.29, 1.82) is 0 Å². The van der Waals surface area contributed by atoms with Gasteiger partial charge in [-0.3, -0.25) is 4.79 Å². The molecule has 1 aromatic rings. The van der Waals surface area contributed by atoms with Gasteiger partial charge in [0, 0.05) is 17.6 Å². The third kappa shape index (κ3) is 3.61. The number of nitrogens with one attached hydrogen (secondary N) is 1. The van der Waals surface area contributed by atoms with Crippen molar-refractivity contribution in [2.75, 3.05) is 14.2 Å². The number of nitrogens with two attached hydrogens (primary N) is 1. The molecule has 3 N–H and O–H groups in total. The quantitative estimate of drug-likeness (QED) is 0.848. The summed E-state index contributed by atoms with van der Waals surface area (Å²) in [6, 6.07) is 4.90. The lowest BCUT2D eigenvalue weighted by Crippen LogP contribution is -2.54. The Morgan fingerprint density at radius 3 is 2.42 bits per heavy atom. The summed E-state index contributed by atoms with van der Waals surface area (Å²) in [4.78, 5) is 12.3. The summed E-state index contributed by atoms with van der Waals surface area (Å²) in [7, 11) is 3.08. The van der Waals surface area contributed by atoms with Crippen molar-refractivity contribution >= 4 is 5.91 Å². The lowest BCUT2D eigenvalue weighted by Gasteiger charge is -2.30. The molecule has 5 heteroatoms.